The SMILES string of the molecule is C1CC2CC1CCC2C1CC2CCC1C2. The van der Waals surface area contributed by atoms with Crippen LogP contribution >= 0.6 is 0 Å². The average Bonchev–Trinajstić information content (AvgIpc) is 2.94. The van der Waals surface area contributed by atoms with Crippen LogP contribution in [0.25, 0.3) is 0 Å². The van der Waals surface area contributed by atoms with Crippen molar-refractivity contribution in [3.63, 3.8) is 0 Å². The van der Waals surface area contributed by atoms with Crippen molar-refractivity contribution in [1.82, 2.24) is 0 Å². The third kappa shape index (κ3) is 1.33. The largest absolute Gasteiger partial charge is 0.0502 e. The van der Waals surface area contributed by atoms with Gasteiger partial charge >= 0.3 is 0 Å². The molecule has 0 aliphatic heterocycles. The van der Waals surface area contributed by atoms with Crippen LogP contribution in [0.2, 0.25) is 0 Å². The summed E-state index contributed by atoms with van der Waals surface area (Å²) < 4.78 is 0. The first-order valence-electron chi connectivity index (χ1n) is 7.40. The van der Waals surface area contributed by atoms with Gasteiger partial charge in [-0.1, -0.05) is 19.3 Å². The lowest BCUT2D eigenvalue weighted by molar-refractivity contribution is 0.124. The fourth-order valence-electron chi connectivity index (χ4n) is 5.81. The Morgan fingerprint density at radius 3 is 1.87 bits per heavy atom. The zero-order valence-electron chi connectivity index (χ0n) is 9.83. The van der Waals surface area contributed by atoms with Gasteiger partial charge in [-0.05, 0) is 74.0 Å². The molecule has 6 unspecified atom stereocenters. The molecule has 0 aromatic heterocycles. The van der Waals surface area contributed by atoms with Gasteiger partial charge in [-0.25, -0.2) is 0 Å². The van der Waals surface area contributed by atoms with Gasteiger partial charge in [0.2, 0.25) is 0 Å². The van der Waals surface area contributed by atoms with Gasteiger partial charge < -0.3 is 0 Å². The maximum absolute atomic E-state index is 1.64. The van der Waals surface area contributed by atoms with Crippen molar-refractivity contribution in [3.05, 3.63) is 0 Å². The molecule has 6 atom stereocenters. The number of fused-ring (bicyclic) bond motifs is 4. The lowest BCUT2D eigenvalue weighted by atomic mass is 9.68. The number of hydrogen-bond acceptors (Lipinski definition) is 0. The second-order valence-electron chi connectivity index (χ2n) is 7.02. The van der Waals surface area contributed by atoms with E-state index in [9.17, 15) is 0 Å². The Morgan fingerprint density at radius 2 is 1.13 bits per heavy atom. The summed E-state index contributed by atoms with van der Waals surface area (Å²) in [5.74, 6) is 7.04. The summed E-state index contributed by atoms with van der Waals surface area (Å²) in [4.78, 5) is 0. The lowest BCUT2D eigenvalue weighted by Crippen LogP contribution is -2.29. The summed E-state index contributed by atoms with van der Waals surface area (Å²) >= 11 is 0. The Kier molecular flexibility index (Phi) is 1.96. The van der Waals surface area contributed by atoms with Crippen LogP contribution in [0, 0.1) is 35.5 Å². The summed E-state index contributed by atoms with van der Waals surface area (Å²) in [6.07, 6.45) is 14.5. The van der Waals surface area contributed by atoms with Crippen LogP contribution in [0.1, 0.15) is 57.8 Å². The predicted octanol–water partition coefficient (Wildman–Crippen LogP) is 4.25. The quantitative estimate of drug-likeness (QED) is 0.599. The first kappa shape index (κ1) is 9.07. The molecule has 0 aromatic rings. The van der Waals surface area contributed by atoms with Crippen molar-refractivity contribution in [2.45, 2.75) is 57.8 Å². The fourth-order valence-corrected chi connectivity index (χ4v) is 5.81. The van der Waals surface area contributed by atoms with Gasteiger partial charge in [0, 0.05) is 0 Å². The van der Waals surface area contributed by atoms with Crippen LogP contribution in [-0.2, 0) is 0 Å². The molecular weight excluding hydrogens is 180 g/mol. The fraction of sp³-hybridized carbons (Fsp3) is 1.00. The molecule has 0 nitrogen and oxygen atoms in total. The Labute approximate surface area is 93.8 Å². The third-order valence-corrected chi connectivity index (χ3v) is 6.44. The Hall–Kier alpha value is 0. The van der Waals surface area contributed by atoms with Gasteiger partial charge in [0.25, 0.3) is 0 Å². The van der Waals surface area contributed by atoms with Gasteiger partial charge in [-0.3, -0.25) is 0 Å². The minimum absolute atomic E-state index is 1.16. The van der Waals surface area contributed by atoms with E-state index in [2.05, 4.69) is 0 Å². The summed E-state index contributed by atoms with van der Waals surface area (Å²) in [7, 11) is 0. The van der Waals surface area contributed by atoms with E-state index in [1.54, 1.807) is 57.8 Å². The lowest BCUT2D eigenvalue weighted by Gasteiger charge is -2.37. The van der Waals surface area contributed by atoms with E-state index in [1.165, 1.54) is 29.6 Å². The molecule has 4 fully saturated rings. The Balaban J connectivity index is 1.53. The zero-order valence-corrected chi connectivity index (χ0v) is 9.83. The van der Waals surface area contributed by atoms with E-state index in [0.29, 0.717) is 0 Å². The smallest absolute Gasteiger partial charge is 0.0352 e. The molecule has 0 N–H and O–H groups in total. The van der Waals surface area contributed by atoms with E-state index in [-0.39, 0.29) is 0 Å². The molecule has 0 aromatic carbocycles. The summed E-state index contributed by atoms with van der Waals surface area (Å²) in [5, 5.41) is 0. The summed E-state index contributed by atoms with van der Waals surface area (Å²) in [6.45, 7) is 0. The second kappa shape index (κ2) is 3.25. The van der Waals surface area contributed by atoms with Crippen LogP contribution in [-0.4, -0.2) is 0 Å². The highest BCUT2D eigenvalue weighted by Crippen LogP contribution is 2.57. The van der Waals surface area contributed by atoms with Gasteiger partial charge in [-0.2, -0.15) is 0 Å². The number of rotatable bonds is 1. The van der Waals surface area contributed by atoms with Crippen LogP contribution in [0.4, 0.5) is 0 Å². The molecule has 4 aliphatic carbocycles. The average molecular weight is 204 g/mol. The van der Waals surface area contributed by atoms with Crippen molar-refractivity contribution in [1.29, 1.82) is 0 Å². The summed E-state index contributed by atoms with van der Waals surface area (Å²) in [6, 6.07) is 0. The minimum Gasteiger partial charge on any atom is -0.0502 e. The Morgan fingerprint density at radius 1 is 0.467 bits per heavy atom. The van der Waals surface area contributed by atoms with Crippen LogP contribution in [0.3, 0.4) is 0 Å². The molecule has 4 saturated carbocycles. The molecular formula is C15H24. The van der Waals surface area contributed by atoms with Crippen molar-refractivity contribution in [2.24, 2.45) is 35.5 Å². The summed E-state index contributed by atoms with van der Waals surface area (Å²) in [5.41, 5.74) is 0. The predicted molar refractivity (Wildman–Crippen MR) is 62.5 cm³/mol. The van der Waals surface area contributed by atoms with Gasteiger partial charge in [-0.15, -0.1) is 0 Å². The van der Waals surface area contributed by atoms with E-state index < -0.39 is 0 Å². The Bertz CT molecular complexity index is 257. The molecule has 15 heavy (non-hydrogen) atoms. The van der Waals surface area contributed by atoms with E-state index in [0.717, 1.165) is 5.92 Å². The molecule has 4 bridgehead atoms. The van der Waals surface area contributed by atoms with Crippen LogP contribution < -0.4 is 0 Å². The van der Waals surface area contributed by atoms with Crippen LogP contribution in [0.15, 0.2) is 0 Å². The normalized spacial score (nSPS) is 57.6. The molecule has 84 valence electrons. The van der Waals surface area contributed by atoms with Crippen molar-refractivity contribution in [2.75, 3.05) is 0 Å². The molecule has 0 spiro atoms. The van der Waals surface area contributed by atoms with E-state index in [4.69, 9.17) is 0 Å². The van der Waals surface area contributed by atoms with Crippen molar-refractivity contribution < 1.29 is 0 Å². The van der Waals surface area contributed by atoms with Crippen molar-refractivity contribution >= 4 is 0 Å². The highest BCUT2D eigenvalue weighted by atomic mass is 14.5. The molecule has 0 amide bonds. The molecule has 0 heterocycles. The first-order chi connectivity index (χ1) is 7.40. The van der Waals surface area contributed by atoms with Gasteiger partial charge in [0.05, 0.1) is 0 Å². The van der Waals surface area contributed by atoms with Crippen molar-refractivity contribution in [3.8, 4) is 0 Å². The van der Waals surface area contributed by atoms with Crippen LogP contribution in [0.5, 0.6) is 0 Å². The molecule has 0 saturated heterocycles. The van der Waals surface area contributed by atoms with E-state index in [1.807, 2.05) is 0 Å². The highest BCUT2D eigenvalue weighted by Gasteiger charge is 2.47. The third-order valence-electron chi connectivity index (χ3n) is 6.44. The molecule has 0 heteroatoms. The monoisotopic (exact) mass is 204 g/mol. The van der Waals surface area contributed by atoms with Gasteiger partial charge in [0.1, 0.15) is 0 Å². The number of hydrogen-bond donors (Lipinski definition) is 0. The first-order valence-corrected chi connectivity index (χ1v) is 7.40. The molecule has 4 rings (SSSR count). The molecule has 4 aliphatic rings. The van der Waals surface area contributed by atoms with Gasteiger partial charge in [0.15, 0.2) is 0 Å². The maximum Gasteiger partial charge on any atom is -0.0352 e. The molecule has 0 radical (unpaired) electrons. The second-order valence-corrected chi connectivity index (χ2v) is 7.02. The standard InChI is InChI=1S/C15H24/c1-4-12-7-10(1)3-6-14(12)15-9-11-2-5-13(15)8-11/h10-15H,1-9H2. The highest BCUT2D eigenvalue weighted by molar-refractivity contribution is 4.97. The topological polar surface area (TPSA) is 0 Å². The maximum atomic E-state index is 1.64. The zero-order chi connectivity index (χ0) is 9.83. The minimum atomic E-state index is 1.16. The van der Waals surface area contributed by atoms with E-state index >= 15 is 0 Å².